The molecule has 0 aromatic heterocycles. The van der Waals surface area contributed by atoms with Gasteiger partial charge in [0.05, 0.1) is 5.92 Å². The summed E-state index contributed by atoms with van der Waals surface area (Å²) in [6.45, 7) is 6.84. The SMILES string of the molecule is CC(C)(C)[C@@H](NC(=O)OCC1c2ccccc2-c2ccccc21)C(=O)N1CC[C@@H]2C(C(=O)O)[C@@H]2C1. The fourth-order valence-electron chi connectivity index (χ4n) is 5.89. The van der Waals surface area contributed by atoms with Crippen LogP contribution in [0.5, 0.6) is 0 Å². The predicted octanol–water partition coefficient (Wildman–Crippen LogP) is 4.12. The number of carboxylic acid groups (broad SMARTS) is 1. The van der Waals surface area contributed by atoms with Gasteiger partial charge < -0.3 is 20.1 Å². The molecule has 0 radical (unpaired) electrons. The molecule has 2 aliphatic carbocycles. The molecule has 0 bridgehead atoms. The molecule has 7 nitrogen and oxygen atoms in total. The first-order valence-electron chi connectivity index (χ1n) is 12.3. The number of carbonyl (C=O) groups excluding carboxylic acids is 2. The number of hydrogen-bond donors (Lipinski definition) is 2. The lowest BCUT2D eigenvalue weighted by Crippen LogP contribution is -2.56. The molecule has 3 aliphatic rings. The number of amides is 2. The minimum atomic E-state index is -0.779. The largest absolute Gasteiger partial charge is 0.481 e. The number of carbonyl (C=O) groups is 3. The minimum absolute atomic E-state index is 0.0141. The second-order valence-electron chi connectivity index (χ2n) is 11.0. The monoisotopic (exact) mass is 476 g/mol. The maximum atomic E-state index is 13.4. The maximum absolute atomic E-state index is 13.4. The Balaban J connectivity index is 1.25. The van der Waals surface area contributed by atoms with E-state index in [0.29, 0.717) is 19.5 Å². The van der Waals surface area contributed by atoms with Crippen LogP contribution in [0.4, 0.5) is 4.79 Å². The van der Waals surface area contributed by atoms with Gasteiger partial charge in [-0.15, -0.1) is 0 Å². The van der Waals surface area contributed by atoms with Crippen molar-refractivity contribution in [1.82, 2.24) is 10.2 Å². The molecule has 5 rings (SSSR count). The number of piperidine rings is 1. The Labute approximate surface area is 205 Å². The Hall–Kier alpha value is -3.35. The van der Waals surface area contributed by atoms with Gasteiger partial charge in [0, 0.05) is 19.0 Å². The van der Waals surface area contributed by atoms with Crippen molar-refractivity contribution < 1.29 is 24.2 Å². The van der Waals surface area contributed by atoms with Crippen LogP contribution in [0.15, 0.2) is 48.5 Å². The summed E-state index contributed by atoms with van der Waals surface area (Å²) >= 11 is 0. The Morgan fingerprint density at radius 3 is 2.20 bits per heavy atom. The van der Waals surface area contributed by atoms with Crippen LogP contribution in [-0.2, 0) is 14.3 Å². The summed E-state index contributed by atoms with van der Waals surface area (Å²) in [5.74, 6) is -1.19. The van der Waals surface area contributed by atoms with E-state index >= 15 is 0 Å². The lowest BCUT2D eigenvalue weighted by atomic mass is 9.85. The van der Waals surface area contributed by atoms with Crippen LogP contribution in [0, 0.1) is 23.2 Å². The van der Waals surface area contributed by atoms with E-state index in [1.54, 1.807) is 4.90 Å². The molecule has 7 heteroatoms. The highest BCUT2D eigenvalue weighted by molar-refractivity contribution is 5.87. The molecule has 2 aromatic carbocycles. The number of hydrogen-bond acceptors (Lipinski definition) is 4. The maximum Gasteiger partial charge on any atom is 0.407 e. The number of likely N-dealkylation sites (tertiary alicyclic amines) is 1. The normalized spacial score (nSPS) is 23.5. The van der Waals surface area contributed by atoms with E-state index in [4.69, 9.17) is 4.74 Å². The van der Waals surface area contributed by atoms with Gasteiger partial charge in [0.25, 0.3) is 0 Å². The summed E-state index contributed by atoms with van der Waals surface area (Å²) < 4.78 is 5.68. The third-order valence-electron chi connectivity index (χ3n) is 7.81. The first kappa shape index (κ1) is 23.4. The Morgan fingerprint density at radius 2 is 1.63 bits per heavy atom. The fourth-order valence-corrected chi connectivity index (χ4v) is 5.89. The highest BCUT2D eigenvalue weighted by Gasteiger charge is 2.58. The van der Waals surface area contributed by atoms with Gasteiger partial charge in [0.2, 0.25) is 5.91 Å². The van der Waals surface area contributed by atoms with Crippen LogP contribution in [0.1, 0.15) is 44.2 Å². The molecule has 2 N–H and O–H groups in total. The van der Waals surface area contributed by atoms with Crippen molar-refractivity contribution in [2.24, 2.45) is 23.2 Å². The van der Waals surface area contributed by atoms with Crippen LogP contribution in [0.2, 0.25) is 0 Å². The van der Waals surface area contributed by atoms with Crippen molar-refractivity contribution in [2.75, 3.05) is 19.7 Å². The summed E-state index contributed by atoms with van der Waals surface area (Å²) in [4.78, 5) is 39.4. The smallest absolute Gasteiger partial charge is 0.407 e. The zero-order valence-electron chi connectivity index (χ0n) is 20.4. The molecule has 1 unspecified atom stereocenters. The van der Waals surface area contributed by atoms with Gasteiger partial charge >= 0.3 is 12.1 Å². The second-order valence-corrected chi connectivity index (χ2v) is 11.0. The second kappa shape index (κ2) is 8.70. The van der Waals surface area contributed by atoms with Gasteiger partial charge in [-0.2, -0.15) is 0 Å². The standard InChI is InChI=1S/C28H32N2O5/c1-28(2,3)24(25(31)30-13-12-20-21(14-30)23(20)26(32)33)29-27(34)35-15-22-18-10-6-4-8-16(18)17-9-5-7-11-19(17)22/h4-11,20-24H,12-15H2,1-3H3,(H,29,34)(H,32,33)/t20-,21+,23?,24-/m0/s1. The number of nitrogens with one attached hydrogen (secondary N) is 1. The highest BCUT2D eigenvalue weighted by atomic mass is 16.5. The van der Waals surface area contributed by atoms with E-state index in [2.05, 4.69) is 29.6 Å². The van der Waals surface area contributed by atoms with Crippen molar-refractivity contribution in [3.63, 3.8) is 0 Å². The van der Waals surface area contributed by atoms with Crippen LogP contribution >= 0.6 is 0 Å². The van der Waals surface area contributed by atoms with Crippen LogP contribution in [0.25, 0.3) is 11.1 Å². The molecule has 1 aliphatic heterocycles. The summed E-state index contributed by atoms with van der Waals surface area (Å²) in [7, 11) is 0. The zero-order chi connectivity index (χ0) is 24.9. The van der Waals surface area contributed by atoms with Crippen molar-refractivity contribution in [3.05, 3.63) is 59.7 Å². The number of fused-ring (bicyclic) bond motifs is 4. The van der Waals surface area contributed by atoms with E-state index in [9.17, 15) is 19.5 Å². The third-order valence-corrected chi connectivity index (χ3v) is 7.81. The van der Waals surface area contributed by atoms with Crippen LogP contribution in [-0.4, -0.2) is 53.7 Å². The summed E-state index contributed by atoms with van der Waals surface area (Å²) in [5, 5.41) is 12.2. The summed E-state index contributed by atoms with van der Waals surface area (Å²) in [5.41, 5.74) is 4.04. The molecule has 184 valence electrons. The molecule has 35 heavy (non-hydrogen) atoms. The Morgan fingerprint density at radius 1 is 1.03 bits per heavy atom. The Kier molecular flexibility index (Phi) is 5.82. The Bertz CT molecular complexity index is 1120. The minimum Gasteiger partial charge on any atom is -0.481 e. The van der Waals surface area contributed by atoms with E-state index in [-0.39, 0.29) is 36.2 Å². The molecular weight excluding hydrogens is 444 g/mol. The highest BCUT2D eigenvalue weighted by Crippen LogP contribution is 2.52. The van der Waals surface area contributed by atoms with Crippen molar-refractivity contribution in [1.29, 1.82) is 0 Å². The summed E-state index contributed by atoms with van der Waals surface area (Å²) in [6, 6.07) is 15.5. The molecule has 0 spiro atoms. The van der Waals surface area contributed by atoms with Gasteiger partial charge in [-0.05, 0) is 45.9 Å². The van der Waals surface area contributed by atoms with E-state index in [1.807, 2.05) is 45.0 Å². The quantitative estimate of drug-likeness (QED) is 0.677. The number of alkyl carbamates (subject to hydrolysis) is 1. The van der Waals surface area contributed by atoms with Crippen molar-refractivity contribution >= 4 is 18.0 Å². The number of nitrogens with zero attached hydrogens (tertiary/aromatic N) is 1. The molecule has 1 heterocycles. The summed E-state index contributed by atoms with van der Waals surface area (Å²) in [6.07, 6.45) is 0.0692. The topological polar surface area (TPSA) is 95.9 Å². The van der Waals surface area contributed by atoms with E-state index in [1.165, 1.54) is 0 Å². The lowest BCUT2D eigenvalue weighted by Gasteiger charge is -2.36. The third kappa shape index (κ3) is 4.28. The zero-order valence-corrected chi connectivity index (χ0v) is 20.4. The number of benzene rings is 2. The molecule has 1 saturated heterocycles. The molecule has 2 amide bonds. The first-order chi connectivity index (χ1) is 16.7. The average Bonchev–Trinajstić information content (AvgIpc) is 3.47. The number of aliphatic carboxylic acids is 1. The molecule has 2 fully saturated rings. The lowest BCUT2D eigenvalue weighted by molar-refractivity contribution is -0.140. The molecular formula is C28H32N2O5. The van der Waals surface area contributed by atoms with Crippen molar-refractivity contribution in [2.45, 2.75) is 39.2 Å². The van der Waals surface area contributed by atoms with Gasteiger partial charge in [-0.1, -0.05) is 69.3 Å². The fraction of sp³-hybridized carbons (Fsp3) is 0.464. The average molecular weight is 477 g/mol. The van der Waals surface area contributed by atoms with Gasteiger partial charge in [-0.25, -0.2) is 4.79 Å². The van der Waals surface area contributed by atoms with E-state index in [0.717, 1.165) is 22.3 Å². The van der Waals surface area contributed by atoms with Gasteiger partial charge in [-0.3, -0.25) is 9.59 Å². The number of carboxylic acids is 1. The first-order valence-corrected chi connectivity index (χ1v) is 12.3. The predicted molar refractivity (Wildman–Crippen MR) is 131 cm³/mol. The molecule has 2 aromatic rings. The van der Waals surface area contributed by atoms with Gasteiger partial charge in [0.1, 0.15) is 12.6 Å². The molecule has 4 atom stereocenters. The number of ether oxygens (including phenoxy) is 1. The van der Waals surface area contributed by atoms with Crippen LogP contribution in [0.3, 0.4) is 0 Å². The number of rotatable bonds is 5. The van der Waals surface area contributed by atoms with Crippen LogP contribution < -0.4 is 5.32 Å². The van der Waals surface area contributed by atoms with Crippen molar-refractivity contribution in [3.8, 4) is 11.1 Å². The van der Waals surface area contributed by atoms with Gasteiger partial charge in [0.15, 0.2) is 0 Å². The molecule has 1 saturated carbocycles. The van der Waals surface area contributed by atoms with E-state index < -0.39 is 23.5 Å².